The Morgan fingerprint density at radius 2 is 1.64 bits per heavy atom. The predicted molar refractivity (Wildman–Crippen MR) is 61.0 cm³/mol. The van der Waals surface area contributed by atoms with Gasteiger partial charge in [0.25, 0.3) is 0 Å². The van der Waals surface area contributed by atoms with Crippen molar-refractivity contribution in [1.29, 1.82) is 0 Å². The lowest BCUT2D eigenvalue weighted by Gasteiger charge is -2.24. The number of amides is 1. The summed E-state index contributed by atoms with van der Waals surface area (Å²) >= 11 is 0. The molecule has 0 unspecified atom stereocenters. The smallest absolute Gasteiger partial charge is 0.223 e. The van der Waals surface area contributed by atoms with Crippen LogP contribution in [0.1, 0.15) is 27.2 Å². The normalized spacial score (nSPS) is 10.8. The topological polar surface area (TPSA) is 20.3 Å². The Balaban J connectivity index is 4.28. The van der Waals surface area contributed by atoms with E-state index in [4.69, 9.17) is 0 Å². The second-order valence-electron chi connectivity index (χ2n) is 4.61. The van der Waals surface area contributed by atoms with Crippen molar-refractivity contribution in [3.63, 3.8) is 0 Å². The number of rotatable bonds is 5. The summed E-state index contributed by atoms with van der Waals surface area (Å²) < 4.78 is 0. The largest absolute Gasteiger partial charge is 0.335 e. The molecule has 2 nitrogen and oxygen atoms in total. The summed E-state index contributed by atoms with van der Waals surface area (Å²) in [6.07, 6.45) is 4.04. The molecule has 0 saturated heterocycles. The number of hydrogen-bond acceptors (Lipinski definition) is 1. The molecule has 14 heavy (non-hydrogen) atoms. The standard InChI is InChI=1S/C12H21NO/c1-6-8-13(9-7-2)11(14)10-12(3,4)5/h6-7H,1-2,8-10H2,3-5H3. The van der Waals surface area contributed by atoms with E-state index in [1.807, 2.05) is 0 Å². The van der Waals surface area contributed by atoms with Crippen LogP contribution < -0.4 is 0 Å². The Labute approximate surface area is 87.3 Å². The van der Waals surface area contributed by atoms with E-state index in [0.717, 1.165) is 0 Å². The van der Waals surface area contributed by atoms with E-state index in [-0.39, 0.29) is 11.3 Å². The van der Waals surface area contributed by atoms with Crippen LogP contribution in [-0.4, -0.2) is 23.9 Å². The Morgan fingerprint density at radius 3 is 1.93 bits per heavy atom. The minimum absolute atomic E-state index is 0.0394. The number of carbonyl (C=O) groups is 1. The number of hydrogen-bond donors (Lipinski definition) is 0. The summed E-state index contributed by atoms with van der Waals surface area (Å²) in [6.45, 7) is 14.6. The van der Waals surface area contributed by atoms with Gasteiger partial charge in [0, 0.05) is 19.5 Å². The number of nitrogens with zero attached hydrogens (tertiary/aromatic N) is 1. The summed E-state index contributed by atoms with van der Waals surface area (Å²) in [6, 6.07) is 0. The molecule has 0 aromatic carbocycles. The average molecular weight is 195 g/mol. The van der Waals surface area contributed by atoms with Gasteiger partial charge in [-0.1, -0.05) is 32.9 Å². The van der Waals surface area contributed by atoms with Crippen molar-refractivity contribution in [2.45, 2.75) is 27.2 Å². The maximum absolute atomic E-state index is 11.8. The second-order valence-corrected chi connectivity index (χ2v) is 4.61. The lowest BCUT2D eigenvalue weighted by molar-refractivity contribution is -0.132. The van der Waals surface area contributed by atoms with Crippen LogP contribution in [0.4, 0.5) is 0 Å². The Bertz CT molecular complexity index is 203. The van der Waals surface area contributed by atoms with Crippen molar-refractivity contribution >= 4 is 5.91 Å². The minimum atomic E-state index is 0.0394. The zero-order valence-corrected chi connectivity index (χ0v) is 9.55. The van der Waals surface area contributed by atoms with Crippen molar-refractivity contribution in [2.75, 3.05) is 13.1 Å². The Kier molecular flexibility index (Phi) is 5.21. The third-order valence-electron chi connectivity index (χ3n) is 1.73. The van der Waals surface area contributed by atoms with Crippen LogP contribution in [0.15, 0.2) is 25.3 Å². The van der Waals surface area contributed by atoms with E-state index >= 15 is 0 Å². The van der Waals surface area contributed by atoms with Gasteiger partial charge in [0.2, 0.25) is 5.91 Å². The van der Waals surface area contributed by atoms with Crippen LogP contribution in [0.3, 0.4) is 0 Å². The first-order chi connectivity index (χ1) is 6.40. The first-order valence-corrected chi connectivity index (χ1v) is 4.90. The highest BCUT2D eigenvalue weighted by Gasteiger charge is 2.19. The van der Waals surface area contributed by atoms with Gasteiger partial charge in [-0.2, -0.15) is 0 Å². The van der Waals surface area contributed by atoms with Crippen molar-refractivity contribution in [3.8, 4) is 0 Å². The van der Waals surface area contributed by atoms with E-state index in [1.54, 1.807) is 17.1 Å². The van der Waals surface area contributed by atoms with Gasteiger partial charge in [-0.3, -0.25) is 4.79 Å². The molecule has 0 bridgehead atoms. The van der Waals surface area contributed by atoms with Gasteiger partial charge in [-0.05, 0) is 5.41 Å². The fraction of sp³-hybridized carbons (Fsp3) is 0.583. The fourth-order valence-corrected chi connectivity index (χ4v) is 1.16. The molecule has 0 fully saturated rings. The van der Waals surface area contributed by atoms with Gasteiger partial charge >= 0.3 is 0 Å². The maximum atomic E-state index is 11.8. The lowest BCUT2D eigenvalue weighted by Crippen LogP contribution is -2.33. The van der Waals surface area contributed by atoms with Crippen LogP contribution in [0.5, 0.6) is 0 Å². The molecule has 0 aromatic heterocycles. The first kappa shape index (κ1) is 12.9. The monoisotopic (exact) mass is 195 g/mol. The molecule has 0 aromatic rings. The third kappa shape index (κ3) is 5.57. The molecule has 0 spiro atoms. The molecule has 0 heterocycles. The van der Waals surface area contributed by atoms with Gasteiger partial charge in [0.05, 0.1) is 0 Å². The maximum Gasteiger partial charge on any atom is 0.223 e. The molecule has 80 valence electrons. The van der Waals surface area contributed by atoms with Gasteiger partial charge < -0.3 is 4.90 Å². The fourth-order valence-electron chi connectivity index (χ4n) is 1.16. The van der Waals surface area contributed by atoms with Crippen LogP contribution >= 0.6 is 0 Å². The first-order valence-electron chi connectivity index (χ1n) is 4.90. The molecular formula is C12H21NO. The van der Waals surface area contributed by atoms with E-state index in [0.29, 0.717) is 19.5 Å². The van der Waals surface area contributed by atoms with Crippen LogP contribution in [0.25, 0.3) is 0 Å². The molecule has 0 aliphatic carbocycles. The van der Waals surface area contributed by atoms with E-state index in [2.05, 4.69) is 33.9 Å². The van der Waals surface area contributed by atoms with E-state index < -0.39 is 0 Å². The molecule has 0 aliphatic rings. The SMILES string of the molecule is C=CCN(CC=C)C(=O)CC(C)(C)C. The predicted octanol–water partition coefficient (Wildman–Crippen LogP) is 2.62. The summed E-state index contributed by atoms with van der Waals surface area (Å²) in [5, 5.41) is 0. The van der Waals surface area contributed by atoms with Gasteiger partial charge in [0.1, 0.15) is 0 Å². The molecule has 1 amide bonds. The molecule has 0 saturated carbocycles. The minimum Gasteiger partial charge on any atom is -0.335 e. The molecule has 2 heteroatoms. The molecule has 0 aliphatic heterocycles. The van der Waals surface area contributed by atoms with Crippen molar-refractivity contribution < 1.29 is 4.79 Å². The number of carbonyl (C=O) groups excluding carboxylic acids is 1. The van der Waals surface area contributed by atoms with Gasteiger partial charge in [0.15, 0.2) is 0 Å². The highest BCUT2D eigenvalue weighted by molar-refractivity contribution is 5.77. The quantitative estimate of drug-likeness (QED) is 0.617. The van der Waals surface area contributed by atoms with Crippen molar-refractivity contribution in [1.82, 2.24) is 4.90 Å². The average Bonchev–Trinajstić information content (AvgIpc) is 2.01. The van der Waals surface area contributed by atoms with E-state index in [9.17, 15) is 4.79 Å². The van der Waals surface area contributed by atoms with Gasteiger partial charge in [-0.15, -0.1) is 13.2 Å². The summed E-state index contributed by atoms with van der Waals surface area (Å²) in [4.78, 5) is 13.5. The van der Waals surface area contributed by atoms with Gasteiger partial charge in [-0.25, -0.2) is 0 Å². The summed E-state index contributed by atoms with van der Waals surface area (Å²) in [7, 11) is 0. The zero-order chi connectivity index (χ0) is 11.2. The third-order valence-corrected chi connectivity index (χ3v) is 1.73. The van der Waals surface area contributed by atoms with Crippen LogP contribution in [0.2, 0.25) is 0 Å². The lowest BCUT2D eigenvalue weighted by atomic mass is 9.91. The van der Waals surface area contributed by atoms with E-state index in [1.165, 1.54) is 0 Å². The molecule has 0 atom stereocenters. The van der Waals surface area contributed by atoms with Crippen molar-refractivity contribution in [2.24, 2.45) is 5.41 Å². The highest BCUT2D eigenvalue weighted by Crippen LogP contribution is 2.19. The molecule has 0 rings (SSSR count). The van der Waals surface area contributed by atoms with Crippen LogP contribution in [0, 0.1) is 5.41 Å². The van der Waals surface area contributed by atoms with Crippen LogP contribution in [-0.2, 0) is 4.79 Å². The molecule has 0 N–H and O–H groups in total. The second kappa shape index (κ2) is 5.63. The van der Waals surface area contributed by atoms with Crippen molar-refractivity contribution in [3.05, 3.63) is 25.3 Å². The Morgan fingerprint density at radius 1 is 1.21 bits per heavy atom. The highest BCUT2D eigenvalue weighted by atomic mass is 16.2. The molecular weight excluding hydrogens is 174 g/mol. The summed E-state index contributed by atoms with van der Waals surface area (Å²) in [5.74, 6) is 0.164. The Hall–Kier alpha value is -1.05. The zero-order valence-electron chi connectivity index (χ0n) is 9.55. The summed E-state index contributed by atoms with van der Waals surface area (Å²) in [5.41, 5.74) is 0.0394. The molecule has 0 radical (unpaired) electrons.